The third-order valence-corrected chi connectivity index (χ3v) is 6.64. The molecule has 2 aliphatic rings. The monoisotopic (exact) mass is 499 g/mol. The quantitative estimate of drug-likeness (QED) is 0.398. The van der Waals surface area contributed by atoms with Gasteiger partial charge in [-0.2, -0.15) is 15.5 Å². The molecule has 0 bridgehead atoms. The van der Waals surface area contributed by atoms with E-state index in [1.54, 1.807) is 6.20 Å². The van der Waals surface area contributed by atoms with Gasteiger partial charge in [-0.15, -0.1) is 10.2 Å². The van der Waals surface area contributed by atoms with Gasteiger partial charge >= 0.3 is 0 Å². The van der Waals surface area contributed by atoms with Gasteiger partial charge in [0, 0.05) is 37.0 Å². The summed E-state index contributed by atoms with van der Waals surface area (Å²) >= 11 is 0. The topological polar surface area (TPSA) is 164 Å². The van der Waals surface area contributed by atoms with E-state index < -0.39 is 0 Å². The van der Waals surface area contributed by atoms with E-state index in [9.17, 15) is 0 Å². The van der Waals surface area contributed by atoms with E-state index in [0.29, 0.717) is 36.4 Å². The van der Waals surface area contributed by atoms with Crippen LogP contribution >= 0.6 is 0 Å². The fraction of sp³-hybridized carbons (Fsp3) is 0.417. The average molecular weight is 500 g/mol. The molecule has 0 unspecified atom stereocenters. The number of fused-ring (bicyclic) bond motifs is 1. The second-order valence-corrected chi connectivity index (χ2v) is 9.05. The first kappa shape index (κ1) is 23.0. The molecule has 2 N–H and O–H groups in total. The number of H-pyrrole nitrogens is 1. The highest BCUT2D eigenvalue weighted by atomic mass is 16.5. The number of pyridine rings is 2. The molecule has 6 rings (SSSR count). The highest BCUT2D eigenvalue weighted by molar-refractivity contribution is 5.88. The number of morpholine rings is 1. The number of anilines is 2. The molecule has 1 saturated carbocycles. The maximum atomic E-state index is 8.93. The molecule has 5 heterocycles. The zero-order chi connectivity index (χ0) is 25.0. The fourth-order valence-corrected chi connectivity index (χ4v) is 4.66. The van der Waals surface area contributed by atoms with E-state index in [0.717, 1.165) is 61.1 Å². The molecule has 1 saturated heterocycles. The van der Waals surface area contributed by atoms with Crippen LogP contribution in [-0.2, 0) is 4.74 Å². The number of hydrogen-bond acceptors (Lipinski definition) is 12. The number of nitrogens with one attached hydrogen (secondary N) is 2. The lowest BCUT2D eigenvalue weighted by atomic mass is 9.93. The average Bonchev–Trinajstić information content (AvgIpc) is 3.50. The van der Waals surface area contributed by atoms with Gasteiger partial charge < -0.3 is 19.7 Å². The Morgan fingerprint density at radius 1 is 1.05 bits per heavy atom. The van der Waals surface area contributed by atoms with Gasteiger partial charge in [0.2, 0.25) is 17.7 Å². The molecule has 1 aliphatic carbocycles. The molecular weight excluding hydrogens is 474 g/mol. The SMILES string of the molecule is N#Cc1cnc(NC2CCC(Oc3nc(N4CCOCC4)cc4ncc(-c5nn[nH]n5)cc34)CC2)nc1. The van der Waals surface area contributed by atoms with Crippen molar-refractivity contribution in [2.24, 2.45) is 0 Å². The number of aromatic amines is 1. The van der Waals surface area contributed by atoms with Crippen molar-refractivity contribution in [3.8, 4) is 23.3 Å². The van der Waals surface area contributed by atoms with Crippen LogP contribution in [-0.4, -0.2) is 79.0 Å². The maximum absolute atomic E-state index is 8.93. The summed E-state index contributed by atoms with van der Waals surface area (Å²) in [6, 6.07) is 6.22. The van der Waals surface area contributed by atoms with E-state index >= 15 is 0 Å². The highest BCUT2D eigenvalue weighted by Gasteiger charge is 2.25. The number of aromatic nitrogens is 8. The number of nitrogens with zero attached hydrogens (tertiary/aromatic N) is 9. The lowest BCUT2D eigenvalue weighted by Crippen LogP contribution is -2.37. The van der Waals surface area contributed by atoms with Gasteiger partial charge in [0.1, 0.15) is 18.0 Å². The Labute approximate surface area is 212 Å². The molecule has 0 aromatic carbocycles. The number of tetrazole rings is 1. The first-order valence-electron chi connectivity index (χ1n) is 12.3. The van der Waals surface area contributed by atoms with Crippen molar-refractivity contribution in [2.75, 3.05) is 36.5 Å². The molecule has 0 radical (unpaired) electrons. The summed E-state index contributed by atoms with van der Waals surface area (Å²) < 4.78 is 12.0. The number of hydrogen-bond donors (Lipinski definition) is 2. The molecule has 0 spiro atoms. The molecule has 13 heteroatoms. The van der Waals surface area contributed by atoms with Crippen molar-refractivity contribution in [2.45, 2.75) is 37.8 Å². The Bertz CT molecular complexity index is 1390. The minimum Gasteiger partial charge on any atom is -0.474 e. The third kappa shape index (κ3) is 5.10. The summed E-state index contributed by atoms with van der Waals surface area (Å²) in [6.07, 6.45) is 8.33. The van der Waals surface area contributed by atoms with Gasteiger partial charge in [-0.25, -0.2) is 9.97 Å². The Hall–Kier alpha value is -4.44. The predicted molar refractivity (Wildman–Crippen MR) is 133 cm³/mol. The van der Waals surface area contributed by atoms with Crippen molar-refractivity contribution in [3.05, 3.63) is 36.3 Å². The second-order valence-electron chi connectivity index (χ2n) is 9.05. The molecule has 1 aliphatic heterocycles. The Kier molecular flexibility index (Phi) is 6.38. The van der Waals surface area contributed by atoms with Crippen LogP contribution < -0.4 is 15.0 Å². The standard InChI is InChI=1S/C24H25N11O2/c25-11-15-12-27-24(28-13-15)29-17-1-3-18(4-2-17)37-23-19-9-16(22-31-33-34-32-22)14-26-20(19)10-21(30-23)35-5-7-36-8-6-35/h9-10,12-14,17-18H,1-8H2,(H,27,28,29)(H,31,32,33,34). The summed E-state index contributed by atoms with van der Waals surface area (Å²) in [5.74, 6) is 2.39. The van der Waals surface area contributed by atoms with Crippen LogP contribution in [0.5, 0.6) is 5.88 Å². The van der Waals surface area contributed by atoms with E-state index in [1.165, 1.54) is 12.4 Å². The molecule has 13 nitrogen and oxygen atoms in total. The zero-order valence-electron chi connectivity index (χ0n) is 20.0. The molecule has 4 aromatic rings. The van der Waals surface area contributed by atoms with Crippen LogP contribution in [0.25, 0.3) is 22.3 Å². The van der Waals surface area contributed by atoms with Crippen molar-refractivity contribution in [1.82, 2.24) is 40.6 Å². The minimum absolute atomic E-state index is 0.0180. The number of nitriles is 1. The number of rotatable bonds is 6. The van der Waals surface area contributed by atoms with Gasteiger partial charge in [0.05, 0.1) is 42.1 Å². The van der Waals surface area contributed by atoms with Crippen molar-refractivity contribution in [1.29, 1.82) is 5.26 Å². The smallest absolute Gasteiger partial charge is 0.225 e. The van der Waals surface area contributed by atoms with Crippen LogP contribution in [0, 0.1) is 11.3 Å². The molecule has 0 amide bonds. The maximum Gasteiger partial charge on any atom is 0.225 e. The Balaban J connectivity index is 1.21. The first-order valence-corrected chi connectivity index (χ1v) is 12.3. The van der Waals surface area contributed by atoms with E-state index in [-0.39, 0.29) is 12.1 Å². The van der Waals surface area contributed by atoms with E-state index in [4.69, 9.17) is 19.7 Å². The van der Waals surface area contributed by atoms with Crippen molar-refractivity contribution >= 4 is 22.7 Å². The minimum atomic E-state index is 0.0180. The lowest BCUT2D eigenvalue weighted by molar-refractivity contribution is 0.122. The van der Waals surface area contributed by atoms with Crippen LogP contribution in [0.2, 0.25) is 0 Å². The largest absolute Gasteiger partial charge is 0.474 e. The molecule has 2 fully saturated rings. The van der Waals surface area contributed by atoms with Crippen molar-refractivity contribution < 1.29 is 9.47 Å². The predicted octanol–water partition coefficient (Wildman–Crippen LogP) is 2.11. The fourth-order valence-electron chi connectivity index (χ4n) is 4.66. The first-order chi connectivity index (χ1) is 18.2. The third-order valence-electron chi connectivity index (χ3n) is 6.64. The summed E-state index contributed by atoms with van der Waals surface area (Å²) in [5, 5.41) is 27.4. The second kappa shape index (κ2) is 10.3. The van der Waals surface area contributed by atoms with Gasteiger partial charge in [-0.1, -0.05) is 0 Å². The summed E-state index contributed by atoms with van der Waals surface area (Å²) in [7, 11) is 0. The highest BCUT2D eigenvalue weighted by Crippen LogP contribution is 2.33. The van der Waals surface area contributed by atoms with Gasteiger partial charge in [0.25, 0.3) is 0 Å². The Morgan fingerprint density at radius 3 is 2.59 bits per heavy atom. The molecule has 4 aromatic heterocycles. The molecule has 0 atom stereocenters. The van der Waals surface area contributed by atoms with E-state index in [2.05, 4.69) is 45.8 Å². The Morgan fingerprint density at radius 2 is 1.86 bits per heavy atom. The zero-order valence-corrected chi connectivity index (χ0v) is 20.0. The normalized spacial score (nSPS) is 19.9. The van der Waals surface area contributed by atoms with Crippen LogP contribution in [0.3, 0.4) is 0 Å². The van der Waals surface area contributed by atoms with E-state index in [1.807, 2.05) is 18.2 Å². The molecular formula is C24H25N11O2. The van der Waals surface area contributed by atoms with Crippen LogP contribution in [0.4, 0.5) is 11.8 Å². The molecule has 37 heavy (non-hydrogen) atoms. The van der Waals surface area contributed by atoms with Crippen LogP contribution in [0.15, 0.2) is 30.7 Å². The van der Waals surface area contributed by atoms with Crippen molar-refractivity contribution in [3.63, 3.8) is 0 Å². The summed E-state index contributed by atoms with van der Waals surface area (Å²) in [5.41, 5.74) is 1.98. The van der Waals surface area contributed by atoms with Gasteiger partial charge in [-0.05, 0) is 37.0 Å². The summed E-state index contributed by atoms with van der Waals surface area (Å²) in [4.78, 5) is 20.2. The number of ether oxygens (including phenoxy) is 2. The summed E-state index contributed by atoms with van der Waals surface area (Å²) in [6.45, 7) is 2.88. The van der Waals surface area contributed by atoms with Gasteiger partial charge in [0.15, 0.2) is 0 Å². The lowest BCUT2D eigenvalue weighted by Gasteiger charge is -2.31. The van der Waals surface area contributed by atoms with Crippen LogP contribution in [0.1, 0.15) is 31.2 Å². The van der Waals surface area contributed by atoms with Gasteiger partial charge in [-0.3, -0.25) is 4.98 Å². The molecule has 188 valence electrons.